The molecule has 1 aromatic heterocycles. The highest BCUT2D eigenvalue weighted by Gasteiger charge is 2.51. The molecule has 0 saturated carbocycles. The summed E-state index contributed by atoms with van der Waals surface area (Å²) in [6.07, 6.45) is 1.63. The van der Waals surface area contributed by atoms with E-state index >= 15 is 0 Å². The third-order valence-electron chi connectivity index (χ3n) is 3.46. The van der Waals surface area contributed by atoms with Crippen molar-refractivity contribution in [2.75, 3.05) is 11.5 Å². The lowest BCUT2D eigenvalue weighted by molar-refractivity contribution is -0.147. The Hall–Kier alpha value is -1.36. The van der Waals surface area contributed by atoms with E-state index in [1.54, 1.807) is 6.20 Å². The summed E-state index contributed by atoms with van der Waals surface area (Å²) in [4.78, 5) is 41.6. The van der Waals surface area contributed by atoms with Crippen molar-refractivity contribution in [2.24, 2.45) is 5.73 Å². The zero-order valence-electron chi connectivity index (χ0n) is 12.0. The molecule has 1 aromatic rings. The van der Waals surface area contributed by atoms with Gasteiger partial charge in [0, 0.05) is 22.6 Å². The number of β-lactam (4-membered cyclic amide) rings is 1. The van der Waals surface area contributed by atoms with Gasteiger partial charge in [-0.15, -0.1) is 23.1 Å². The minimum Gasteiger partial charge on any atom is -0.477 e. The van der Waals surface area contributed by atoms with Crippen LogP contribution in [0.2, 0.25) is 0 Å². The number of nitrogens with two attached hydrogens (primary N) is 1. The van der Waals surface area contributed by atoms with Gasteiger partial charge in [0.25, 0.3) is 0 Å². The third-order valence-corrected chi connectivity index (χ3v) is 6.81. The number of hydrogen-bond donors (Lipinski definition) is 2. The zero-order valence-corrected chi connectivity index (χ0v) is 14.5. The van der Waals surface area contributed by atoms with Crippen molar-refractivity contribution in [3.8, 4) is 0 Å². The Kier molecular flexibility index (Phi) is 4.50. The van der Waals surface area contributed by atoms with Crippen LogP contribution >= 0.6 is 34.9 Å². The Morgan fingerprint density at radius 3 is 2.91 bits per heavy atom. The smallest absolute Gasteiger partial charge is 0.352 e. The molecule has 23 heavy (non-hydrogen) atoms. The number of aliphatic carboxylic acids is 1. The number of thiazole rings is 1. The Labute approximate surface area is 144 Å². The van der Waals surface area contributed by atoms with Crippen molar-refractivity contribution < 1.29 is 19.5 Å². The van der Waals surface area contributed by atoms with Crippen LogP contribution in [0.15, 0.2) is 17.5 Å². The average molecular weight is 371 g/mol. The summed E-state index contributed by atoms with van der Waals surface area (Å²) in [7, 11) is 0. The van der Waals surface area contributed by atoms with E-state index in [-0.39, 0.29) is 27.8 Å². The highest BCUT2D eigenvalue weighted by Crippen LogP contribution is 2.40. The molecule has 0 radical (unpaired) electrons. The molecule has 0 bridgehead atoms. The number of carbonyl (C=O) groups excluding carboxylic acids is 2. The van der Waals surface area contributed by atoms with Crippen molar-refractivity contribution >= 4 is 51.9 Å². The number of carboxylic acids is 1. The number of fused-ring (bicyclic) bond motifs is 1. The first-order chi connectivity index (χ1) is 10.9. The Balaban J connectivity index is 1.76. The quantitative estimate of drug-likeness (QED) is 0.751. The number of carbonyl (C=O) groups is 3. The maximum Gasteiger partial charge on any atom is 0.352 e. The first-order valence-corrected chi connectivity index (χ1v) is 9.50. The minimum atomic E-state index is -1.16. The number of aryl methyl sites for hydroxylation is 1. The molecule has 7 nitrogen and oxygen atoms in total. The standard InChI is InChI=1S/C13H13N3O4S3/c1-5-2-15-9(23-5)13(20)22-4-6-3-21-11-7(14)10(17)16(11)8(6)12(18)19/h2,7,11H,3-4,14H2,1H3,(H,18,19)/t7?,11-/m0/s1. The lowest BCUT2D eigenvalue weighted by Crippen LogP contribution is -2.68. The molecule has 1 saturated heterocycles. The molecule has 1 amide bonds. The van der Waals surface area contributed by atoms with E-state index in [1.165, 1.54) is 28.0 Å². The summed E-state index contributed by atoms with van der Waals surface area (Å²) in [5, 5.41) is 9.30. The second kappa shape index (κ2) is 6.27. The number of amides is 1. The van der Waals surface area contributed by atoms with Crippen molar-refractivity contribution in [3.63, 3.8) is 0 Å². The van der Waals surface area contributed by atoms with Crippen molar-refractivity contribution in [1.29, 1.82) is 0 Å². The molecule has 3 heterocycles. The lowest BCUT2D eigenvalue weighted by Gasteiger charge is -2.48. The molecule has 10 heteroatoms. The predicted octanol–water partition coefficient (Wildman–Crippen LogP) is 0.906. The molecule has 0 aliphatic carbocycles. The fourth-order valence-corrected chi connectivity index (χ4v) is 5.40. The maximum absolute atomic E-state index is 12.1. The van der Waals surface area contributed by atoms with Crippen LogP contribution < -0.4 is 5.73 Å². The molecular formula is C13H13N3O4S3. The zero-order chi connectivity index (χ0) is 16.7. The molecule has 2 aliphatic rings. The van der Waals surface area contributed by atoms with Gasteiger partial charge in [0.15, 0.2) is 5.01 Å². The Morgan fingerprint density at radius 1 is 1.57 bits per heavy atom. The summed E-state index contributed by atoms with van der Waals surface area (Å²) in [6.45, 7) is 1.86. The highest BCUT2D eigenvalue weighted by molar-refractivity contribution is 8.14. The van der Waals surface area contributed by atoms with E-state index in [1.807, 2.05) is 6.92 Å². The van der Waals surface area contributed by atoms with Crippen LogP contribution in [0.1, 0.15) is 14.7 Å². The van der Waals surface area contributed by atoms with Crippen LogP contribution in [0, 0.1) is 6.92 Å². The molecule has 1 unspecified atom stereocenters. The Bertz CT molecular complexity index is 730. The lowest BCUT2D eigenvalue weighted by atomic mass is 10.0. The van der Waals surface area contributed by atoms with Crippen molar-refractivity contribution in [2.45, 2.75) is 18.3 Å². The number of nitrogens with zero attached hydrogens (tertiary/aromatic N) is 2. The van der Waals surface area contributed by atoms with E-state index in [0.29, 0.717) is 16.3 Å². The summed E-state index contributed by atoms with van der Waals surface area (Å²) in [5.41, 5.74) is 6.22. The van der Waals surface area contributed by atoms with Crippen LogP contribution in [0.25, 0.3) is 0 Å². The first kappa shape index (κ1) is 16.5. The van der Waals surface area contributed by atoms with E-state index in [4.69, 9.17) is 5.73 Å². The second-order valence-electron chi connectivity index (χ2n) is 5.05. The minimum absolute atomic E-state index is 0.0314. The molecule has 3 rings (SSSR count). The predicted molar refractivity (Wildman–Crippen MR) is 89.4 cm³/mol. The molecule has 3 N–H and O–H groups in total. The summed E-state index contributed by atoms with van der Waals surface area (Å²) >= 11 is 3.73. The fraction of sp³-hybridized carbons (Fsp3) is 0.385. The normalized spacial score (nSPS) is 23.6. The van der Waals surface area contributed by atoms with Gasteiger partial charge in [-0.2, -0.15) is 0 Å². The highest BCUT2D eigenvalue weighted by atomic mass is 32.2. The van der Waals surface area contributed by atoms with Gasteiger partial charge in [-0.25, -0.2) is 9.78 Å². The van der Waals surface area contributed by atoms with Crippen LogP contribution in [0.3, 0.4) is 0 Å². The van der Waals surface area contributed by atoms with E-state index in [9.17, 15) is 19.5 Å². The summed E-state index contributed by atoms with van der Waals surface area (Å²) in [5.74, 6) is -0.883. The third kappa shape index (κ3) is 2.91. The topological polar surface area (TPSA) is 114 Å². The molecule has 0 spiro atoms. The van der Waals surface area contributed by atoms with E-state index < -0.39 is 12.0 Å². The van der Waals surface area contributed by atoms with Crippen molar-refractivity contribution in [3.05, 3.63) is 27.4 Å². The van der Waals surface area contributed by atoms with Gasteiger partial charge in [0.1, 0.15) is 17.1 Å². The summed E-state index contributed by atoms with van der Waals surface area (Å²) in [6, 6.07) is -0.650. The molecule has 122 valence electrons. The number of rotatable bonds is 4. The molecule has 2 atom stereocenters. The average Bonchev–Trinajstić information content (AvgIpc) is 2.97. The number of aromatic nitrogens is 1. The molecule has 0 aromatic carbocycles. The van der Waals surface area contributed by atoms with Crippen molar-refractivity contribution in [1.82, 2.24) is 9.88 Å². The number of thioether (sulfide) groups is 2. The summed E-state index contributed by atoms with van der Waals surface area (Å²) < 4.78 is 0. The van der Waals surface area contributed by atoms with Crippen LogP contribution in [-0.2, 0) is 9.59 Å². The van der Waals surface area contributed by atoms with Gasteiger partial charge in [0.2, 0.25) is 11.0 Å². The Morgan fingerprint density at radius 2 is 2.30 bits per heavy atom. The molecular weight excluding hydrogens is 358 g/mol. The first-order valence-electron chi connectivity index (χ1n) is 6.65. The number of carboxylic acid groups (broad SMARTS) is 1. The monoisotopic (exact) mass is 371 g/mol. The van der Waals surface area contributed by atoms with E-state index in [0.717, 1.165) is 16.6 Å². The largest absolute Gasteiger partial charge is 0.477 e. The van der Waals surface area contributed by atoms with Gasteiger partial charge in [0.05, 0.1) is 0 Å². The van der Waals surface area contributed by atoms with Gasteiger partial charge in [-0.05, 0) is 12.5 Å². The van der Waals surface area contributed by atoms with E-state index in [2.05, 4.69) is 4.98 Å². The second-order valence-corrected chi connectivity index (χ2v) is 8.33. The maximum atomic E-state index is 12.1. The van der Waals surface area contributed by atoms with Gasteiger partial charge in [-0.3, -0.25) is 14.5 Å². The van der Waals surface area contributed by atoms with Gasteiger partial charge < -0.3 is 10.8 Å². The fourth-order valence-electron chi connectivity index (χ4n) is 2.35. The van der Waals surface area contributed by atoms with Gasteiger partial charge >= 0.3 is 5.97 Å². The SMILES string of the molecule is Cc1cnc(C(=O)SCC2=C(C(=O)O)N3C(=O)C(N)[C@@H]3SC2)s1. The number of hydrogen-bond acceptors (Lipinski definition) is 8. The molecule has 1 fully saturated rings. The van der Waals surface area contributed by atoms with Crippen LogP contribution in [0.5, 0.6) is 0 Å². The van der Waals surface area contributed by atoms with Crippen LogP contribution in [0.4, 0.5) is 0 Å². The van der Waals surface area contributed by atoms with Crippen LogP contribution in [-0.4, -0.2) is 54.9 Å². The van der Waals surface area contributed by atoms with Gasteiger partial charge in [-0.1, -0.05) is 11.8 Å². The molecule has 2 aliphatic heterocycles.